The van der Waals surface area contributed by atoms with Crippen molar-refractivity contribution < 1.29 is 31.5 Å². The van der Waals surface area contributed by atoms with Crippen LogP contribution in [0, 0.1) is 18.6 Å². The van der Waals surface area contributed by atoms with E-state index in [4.69, 9.17) is 5.11 Å². The van der Waals surface area contributed by atoms with E-state index in [1.807, 2.05) is 0 Å². The molecule has 1 aromatic carbocycles. The van der Waals surface area contributed by atoms with Crippen molar-refractivity contribution in [2.45, 2.75) is 19.2 Å². The molecule has 1 heterocycles. The van der Waals surface area contributed by atoms with Gasteiger partial charge in [0.15, 0.2) is 11.4 Å². The van der Waals surface area contributed by atoms with Gasteiger partial charge in [-0.25, -0.2) is 8.78 Å². The number of hydrogen-bond acceptors (Lipinski definition) is 2. The molecule has 0 spiro atoms. The van der Waals surface area contributed by atoms with Crippen LogP contribution in [0.3, 0.4) is 0 Å². The third-order valence-corrected chi connectivity index (χ3v) is 2.55. The maximum absolute atomic E-state index is 13.3. The SMILES string of the molecule is Cc1c(C(O)C(F)(F)F)oc2c(F)cc(F)cc12. The number of aliphatic hydroxyl groups is 1. The number of benzene rings is 1. The molecule has 1 unspecified atom stereocenters. The van der Waals surface area contributed by atoms with E-state index in [-0.39, 0.29) is 10.9 Å². The van der Waals surface area contributed by atoms with Crippen molar-refractivity contribution in [3.05, 3.63) is 35.1 Å². The Morgan fingerprint density at radius 3 is 2.39 bits per heavy atom. The molecule has 0 fully saturated rings. The fourth-order valence-corrected chi connectivity index (χ4v) is 1.67. The fraction of sp³-hybridized carbons (Fsp3) is 0.273. The molecule has 2 rings (SSSR count). The quantitative estimate of drug-likeness (QED) is 0.800. The molecule has 1 atom stereocenters. The molecule has 2 nitrogen and oxygen atoms in total. The van der Waals surface area contributed by atoms with E-state index in [9.17, 15) is 22.0 Å². The summed E-state index contributed by atoms with van der Waals surface area (Å²) < 4.78 is 68.0. The Kier molecular flexibility index (Phi) is 2.81. The second-order valence-corrected chi connectivity index (χ2v) is 3.80. The number of rotatable bonds is 1. The second kappa shape index (κ2) is 3.94. The monoisotopic (exact) mass is 266 g/mol. The fourth-order valence-electron chi connectivity index (χ4n) is 1.67. The molecule has 0 bridgehead atoms. The first kappa shape index (κ1) is 12.8. The highest BCUT2D eigenvalue weighted by atomic mass is 19.4. The molecule has 1 aromatic heterocycles. The molecule has 1 N–H and O–H groups in total. The molecule has 0 saturated carbocycles. The predicted molar refractivity (Wildman–Crippen MR) is 51.9 cm³/mol. The van der Waals surface area contributed by atoms with Gasteiger partial charge in [-0.3, -0.25) is 0 Å². The molecule has 0 aliphatic carbocycles. The molecule has 7 heteroatoms. The lowest BCUT2D eigenvalue weighted by Gasteiger charge is -2.12. The van der Waals surface area contributed by atoms with Crippen molar-refractivity contribution >= 4 is 11.0 Å². The summed E-state index contributed by atoms with van der Waals surface area (Å²) in [6.45, 7) is 1.19. The van der Waals surface area contributed by atoms with Gasteiger partial charge in [0, 0.05) is 17.0 Å². The van der Waals surface area contributed by atoms with Gasteiger partial charge in [-0.1, -0.05) is 0 Å². The summed E-state index contributed by atoms with van der Waals surface area (Å²) in [7, 11) is 0. The molecule has 0 saturated heterocycles. The third kappa shape index (κ3) is 1.94. The molecule has 0 amide bonds. The summed E-state index contributed by atoms with van der Waals surface area (Å²) in [5, 5.41) is 8.93. The number of aryl methyl sites for hydroxylation is 1. The lowest BCUT2D eigenvalue weighted by atomic mass is 10.1. The van der Waals surface area contributed by atoms with Gasteiger partial charge in [0.25, 0.3) is 0 Å². The van der Waals surface area contributed by atoms with Gasteiger partial charge >= 0.3 is 6.18 Å². The summed E-state index contributed by atoms with van der Waals surface area (Å²) in [6, 6.07) is 1.35. The third-order valence-electron chi connectivity index (χ3n) is 2.55. The first-order chi connectivity index (χ1) is 8.21. The number of halogens is 5. The van der Waals surface area contributed by atoms with Crippen LogP contribution in [0.25, 0.3) is 11.0 Å². The van der Waals surface area contributed by atoms with E-state index in [0.29, 0.717) is 6.07 Å². The van der Waals surface area contributed by atoms with Crippen molar-refractivity contribution in [2.24, 2.45) is 0 Å². The van der Waals surface area contributed by atoms with Crippen LogP contribution in [0.1, 0.15) is 17.4 Å². The topological polar surface area (TPSA) is 33.4 Å². The van der Waals surface area contributed by atoms with Gasteiger partial charge in [-0.15, -0.1) is 0 Å². The first-order valence-corrected chi connectivity index (χ1v) is 4.84. The summed E-state index contributed by atoms with van der Waals surface area (Å²) in [6.07, 6.45) is -7.81. The molecule has 0 radical (unpaired) electrons. The summed E-state index contributed by atoms with van der Waals surface area (Å²) >= 11 is 0. The molecule has 2 aromatic rings. The molecular weight excluding hydrogens is 259 g/mol. The Morgan fingerprint density at radius 2 is 1.83 bits per heavy atom. The van der Waals surface area contributed by atoms with Gasteiger partial charge in [-0.2, -0.15) is 13.2 Å². The highest BCUT2D eigenvalue weighted by Gasteiger charge is 2.43. The summed E-state index contributed by atoms with van der Waals surface area (Å²) in [4.78, 5) is 0. The van der Waals surface area contributed by atoms with Gasteiger partial charge in [-0.05, 0) is 13.0 Å². The van der Waals surface area contributed by atoms with Crippen LogP contribution in [0.2, 0.25) is 0 Å². The Balaban J connectivity index is 2.68. The zero-order chi connectivity index (χ0) is 13.7. The number of fused-ring (bicyclic) bond motifs is 1. The summed E-state index contributed by atoms with van der Waals surface area (Å²) in [5.41, 5.74) is -0.652. The highest BCUT2D eigenvalue weighted by molar-refractivity contribution is 5.82. The standard InChI is InChI=1S/C11H7F5O2/c1-4-6-2-5(12)3-7(13)9(6)18-8(4)10(17)11(14,15)16/h2-3,10,17H,1H3. The highest BCUT2D eigenvalue weighted by Crippen LogP contribution is 2.38. The van der Waals surface area contributed by atoms with E-state index >= 15 is 0 Å². The average Bonchev–Trinajstić information content (AvgIpc) is 2.54. The zero-order valence-corrected chi connectivity index (χ0v) is 8.98. The van der Waals surface area contributed by atoms with Gasteiger partial charge < -0.3 is 9.52 Å². The van der Waals surface area contributed by atoms with Crippen LogP contribution in [0.5, 0.6) is 0 Å². The molecule has 98 valence electrons. The Morgan fingerprint density at radius 1 is 1.22 bits per heavy atom. The minimum absolute atomic E-state index is 0.134. The lowest BCUT2D eigenvalue weighted by molar-refractivity contribution is -0.211. The van der Waals surface area contributed by atoms with E-state index < -0.39 is 35.3 Å². The van der Waals surface area contributed by atoms with Crippen molar-refractivity contribution in [3.8, 4) is 0 Å². The lowest BCUT2D eigenvalue weighted by Crippen LogP contribution is -2.20. The molecular formula is C11H7F5O2. The van der Waals surface area contributed by atoms with E-state index in [2.05, 4.69) is 4.42 Å². The Bertz CT molecular complexity index is 599. The normalized spacial score (nSPS) is 14.2. The van der Waals surface area contributed by atoms with Gasteiger partial charge in [0.1, 0.15) is 11.6 Å². The minimum Gasteiger partial charge on any atom is -0.455 e. The second-order valence-electron chi connectivity index (χ2n) is 3.80. The number of alkyl halides is 3. The minimum atomic E-state index is -4.94. The van der Waals surface area contributed by atoms with E-state index in [0.717, 1.165) is 6.07 Å². The first-order valence-electron chi connectivity index (χ1n) is 4.84. The maximum atomic E-state index is 13.3. The van der Waals surface area contributed by atoms with E-state index in [1.54, 1.807) is 0 Å². The largest absolute Gasteiger partial charge is 0.455 e. The maximum Gasteiger partial charge on any atom is 0.421 e. The van der Waals surface area contributed by atoms with Crippen molar-refractivity contribution in [1.29, 1.82) is 0 Å². The van der Waals surface area contributed by atoms with Crippen LogP contribution < -0.4 is 0 Å². The molecule has 0 aliphatic heterocycles. The smallest absolute Gasteiger partial charge is 0.421 e. The Labute approximate surface area is 97.6 Å². The van der Waals surface area contributed by atoms with Gasteiger partial charge in [0.05, 0.1) is 0 Å². The molecule has 0 aliphatic rings. The number of hydrogen-bond donors (Lipinski definition) is 1. The number of aliphatic hydroxyl groups excluding tert-OH is 1. The van der Waals surface area contributed by atoms with Crippen molar-refractivity contribution in [1.82, 2.24) is 0 Å². The van der Waals surface area contributed by atoms with Crippen molar-refractivity contribution in [3.63, 3.8) is 0 Å². The van der Waals surface area contributed by atoms with Crippen LogP contribution in [0.15, 0.2) is 16.5 Å². The van der Waals surface area contributed by atoms with Crippen LogP contribution >= 0.6 is 0 Å². The number of furan rings is 1. The van der Waals surface area contributed by atoms with Crippen LogP contribution in [-0.4, -0.2) is 11.3 Å². The molecule has 18 heavy (non-hydrogen) atoms. The zero-order valence-electron chi connectivity index (χ0n) is 8.98. The summed E-state index contributed by atoms with van der Waals surface area (Å²) in [5.74, 6) is -2.88. The predicted octanol–water partition coefficient (Wildman–Crippen LogP) is 3.62. The van der Waals surface area contributed by atoms with Crippen LogP contribution in [-0.2, 0) is 0 Å². The van der Waals surface area contributed by atoms with Crippen LogP contribution in [0.4, 0.5) is 22.0 Å². The Hall–Kier alpha value is -1.63. The average molecular weight is 266 g/mol. The van der Waals surface area contributed by atoms with Crippen molar-refractivity contribution in [2.75, 3.05) is 0 Å². The van der Waals surface area contributed by atoms with E-state index in [1.165, 1.54) is 6.92 Å². The van der Waals surface area contributed by atoms with Gasteiger partial charge in [0.2, 0.25) is 6.10 Å².